The summed E-state index contributed by atoms with van der Waals surface area (Å²) in [6, 6.07) is 15.3. The number of aromatic nitrogens is 1. The highest BCUT2D eigenvalue weighted by atomic mass is 32.2. The first-order chi connectivity index (χ1) is 15.4. The van der Waals surface area contributed by atoms with Gasteiger partial charge in [0.1, 0.15) is 9.88 Å². The maximum absolute atomic E-state index is 12.7. The number of sulfonamides is 1. The third-order valence-corrected chi connectivity index (χ3v) is 8.21. The Morgan fingerprint density at radius 1 is 0.969 bits per heavy atom. The minimum absolute atomic E-state index is 0.0594. The summed E-state index contributed by atoms with van der Waals surface area (Å²) in [5.41, 5.74) is 6.34. The van der Waals surface area contributed by atoms with Gasteiger partial charge < -0.3 is 0 Å². The van der Waals surface area contributed by atoms with E-state index in [1.807, 2.05) is 30.3 Å². The number of rotatable bonds is 5. The molecule has 0 aliphatic carbocycles. The number of carbonyl (C=O) groups is 2. The molecule has 1 fully saturated rings. The molecule has 166 valence electrons. The number of nitrogens with zero attached hydrogens (tertiary/aromatic N) is 2. The zero-order valence-corrected chi connectivity index (χ0v) is 19.0. The number of hydrogen-bond donors (Lipinski definition) is 2. The summed E-state index contributed by atoms with van der Waals surface area (Å²) in [4.78, 5) is 30.0. The zero-order chi connectivity index (χ0) is 22.7. The zero-order valence-electron chi connectivity index (χ0n) is 17.4. The van der Waals surface area contributed by atoms with Crippen molar-refractivity contribution in [3.63, 3.8) is 0 Å². The van der Waals surface area contributed by atoms with E-state index in [4.69, 9.17) is 0 Å². The number of hydrogen-bond acceptors (Lipinski definition) is 6. The van der Waals surface area contributed by atoms with Gasteiger partial charge in [-0.3, -0.25) is 20.4 Å². The van der Waals surface area contributed by atoms with E-state index in [0.29, 0.717) is 28.7 Å². The van der Waals surface area contributed by atoms with Gasteiger partial charge in [-0.1, -0.05) is 36.4 Å². The van der Waals surface area contributed by atoms with Crippen LogP contribution in [0.15, 0.2) is 59.5 Å². The Bertz CT molecular complexity index is 1250. The van der Waals surface area contributed by atoms with Gasteiger partial charge in [-0.25, -0.2) is 13.4 Å². The summed E-state index contributed by atoms with van der Waals surface area (Å²) in [6.07, 6.45) is 1.66. The van der Waals surface area contributed by atoms with E-state index in [-0.39, 0.29) is 10.5 Å². The summed E-state index contributed by atoms with van der Waals surface area (Å²) in [5.74, 6) is -1.10. The van der Waals surface area contributed by atoms with Gasteiger partial charge in [0.25, 0.3) is 11.8 Å². The lowest BCUT2D eigenvalue weighted by Gasteiger charge is -2.16. The van der Waals surface area contributed by atoms with E-state index in [2.05, 4.69) is 15.8 Å². The molecular weight excluding hydrogens is 448 g/mol. The van der Waals surface area contributed by atoms with Gasteiger partial charge in [-0.05, 0) is 38.0 Å². The second kappa shape index (κ2) is 9.19. The van der Waals surface area contributed by atoms with Crippen molar-refractivity contribution in [1.82, 2.24) is 20.1 Å². The maximum atomic E-state index is 12.7. The molecule has 0 saturated carbocycles. The predicted molar refractivity (Wildman–Crippen MR) is 122 cm³/mol. The van der Waals surface area contributed by atoms with E-state index in [1.54, 1.807) is 6.92 Å². The van der Waals surface area contributed by atoms with Crippen LogP contribution in [0.3, 0.4) is 0 Å². The Morgan fingerprint density at radius 3 is 2.38 bits per heavy atom. The fraction of sp³-hybridized carbons (Fsp3) is 0.227. The first kappa shape index (κ1) is 22.1. The van der Waals surface area contributed by atoms with Crippen molar-refractivity contribution >= 4 is 33.2 Å². The van der Waals surface area contributed by atoms with Crippen LogP contribution in [-0.2, 0) is 10.0 Å². The molecule has 32 heavy (non-hydrogen) atoms. The molecule has 2 aromatic carbocycles. The normalized spacial score (nSPS) is 14.3. The topological polar surface area (TPSA) is 108 Å². The number of benzene rings is 2. The minimum atomic E-state index is -3.64. The largest absolute Gasteiger partial charge is 0.281 e. The molecule has 2 heterocycles. The van der Waals surface area contributed by atoms with Gasteiger partial charge in [0.15, 0.2) is 0 Å². The molecule has 0 atom stereocenters. The monoisotopic (exact) mass is 470 g/mol. The van der Waals surface area contributed by atoms with Crippen molar-refractivity contribution in [2.75, 3.05) is 13.1 Å². The number of hydrazine groups is 1. The molecular formula is C22H22N4O4S2. The molecule has 0 bridgehead atoms. The van der Waals surface area contributed by atoms with Crippen LogP contribution in [0.2, 0.25) is 0 Å². The summed E-state index contributed by atoms with van der Waals surface area (Å²) >= 11 is 1.23. The van der Waals surface area contributed by atoms with Crippen molar-refractivity contribution in [3.05, 3.63) is 70.7 Å². The Hall–Kier alpha value is -3.08. The molecule has 0 spiro atoms. The predicted octanol–water partition coefficient (Wildman–Crippen LogP) is 2.98. The van der Waals surface area contributed by atoms with Crippen LogP contribution in [0.4, 0.5) is 0 Å². The summed E-state index contributed by atoms with van der Waals surface area (Å²) in [6.45, 7) is 2.69. The molecule has 1 aromatic heterocycles. The first-order valence-electron chi connectivity index (χ1n) is 10.1. The fourth-order valence-electron chi connectivity index (χ4n) is 3.43. The van der Waals surface area contributed by atoms with Crippen molar-refractivity contribution in [2.24, 2.45) is 0 Å². The smallest absolute Gasteiger partial charge is 0.267 e. The lowest BCUT2D eigenvalue weighted by atomic mass is 10.2. The number of amides is 2. The van der Waals surface area contributed by atoms with E-state index in [0.717, 1.165) is 18.4 Å². The van der Waals surface area contributed by atoms with E-state index in [1.165, 1.54) is 39.9 Å². The molecule has 1 saturated heterocycles. The van der Waals surface area contributed by atoms with E-state index >= 15 is 0 Å². The lowest BCUT2D eigenvalue weighted by Crippen LogP contribution is -2.41. The third kappa shape index (κ3) is 4.57. The first-order valence-corrected chi connectivity index (χ1v) is 12.4. The van der Waals surface area contributed by atoms with Crippen LogP contribution < -0.4 is 10.9 Å². The van der Waals surface area contributed by atoms with Crippen LogP contribution in [-0.4, -0.2) is 42.6 Å². The van der Waals surface area contributed by atoms with Crippen molar-refractivity contribution in [1.29, 1.82) is 0 Å². The lowest BCUT2D eigenvalue weighted by molar-refractivity contribution is 0.0848. The van der Waals surface area contributed by atoms with E-state index in [9.17, 15) is 18.0 Å². The van der Waals surface area contributed by atoms with E-state index < -0.39 is 21.8 Å². The molecule has 10 heteroatoms. The van der Waals surface area contributed by atoms with Gasteiger partial charge in [0.05, 0.1) is 10.6 Å². The summed E-state index contributed by atoms with van der Waals surface area (Å²) in [5, 5.41) is 0.708. The van der Waals surface area contributed by atoms with Gasteiger partial charge >= 0.3 is 0 Å². The molecule has 0 unspecified atom stereocenters. The van der Waals surface area contributed by atoms with Crippen molar-refractivity contribution < 1.29 is 18.0 Å². The third-order valence-electron chi connectivity index (χ3n) is 5.11. The van der Waals surface area contributed by atoms with Crippen LogP contribution in [0.5, 0.6) is 0 Å². The Labute approximate surface area is 190 Å². The Morgan fingerprint density at radius 2 is 1.66 bits per heavy atom. The van der Waals surface area contributed by atoms with Crippen LogP contribution in [0.1, 0.15) is 38.6 Å². The standard InChI is InChI=1S/C22H22N4O4S2/c1-15-19(31-22(23-15)16-8-3-2-4-9-16)21(28)25-24-20(27)17-10-7-11-18(14-17)32(29,30)26-12-5-6-13-26/h2-4,7-11,14H,5-6,12-13H2,1H3,(H,24,27)(H,25,28). The second-order valence-corrected chi connectivity index (χ2v) is 10.3. The molecule has 1 aliphatic heterocycles. The van der Waals surface area contributed by atoms with Crippen LogP contribution in [0.25, 0.3) is 10.6 Å². The maximum Gasteiger partial charge on any atom is 0.281 e. The average Bonchev–Trinajstić information content (AvgIpc) is 3.48. The quantitative estimate of drug-likeness (QED) is 0.558. The number of carbonyl (C=O) groups excluding carboxylic acids is 2. The Kier molecular flexibility index (Phi) is 6.35. The van der Waals surface area contributed by atoms with Gasteiger partial charge in [0.2, 0.25) is 10.0 Å². The van der Waals surface area contributed by atoms with Gasteiger partial charge in [0, 0.05) is 24.2 Å². The van der Waals surface area contributed by atoms with Crippen molar-refractivity contribution in [3.8, 4) is 10.6 Å². The molecule has 2 amide bonds. The van der Waals surface area contributed by atoms with Gasteiger partial charge in [-0.15, -0.1) is 11.3 Å². The summed E-state index contributed by atoms with van der Waals surface area (Å²) in [7, 11) is -3.64. The second-order valence-electron chi connectivity index (χ2n) is 7.35. The van der Waals surface area contributed by atoms with Crippen LogP contribution >= 0.6 is 11.3 Å². The molecule has 3 aromatic rings. The molecule has 8 nitrogen and oxygen atoms in total. The number of thiazole rings is 1. The number of aryl methyl sites for hydroxylation is 1. The summed E-state index contributed by atoms with van der Waals surface area (Å²) < 4.78 is 26.9. The molecule has 4 rings (SSSR count). The highest BCUT2D eigenvalue weighted by Crippen LogP contribution is 2.27. The van der Waals surface area contributed by atoms with Gasteiger partial charge in [-0.2, -0.15) is 4.31 Å². The minimum Gasteiger partial charge on any atom is -0.267 e. The highest BCUT2D eigenvalue weighted by molar-refractivity contribution is 7.89. The van der Waals surface area contributed by atoms with Crippen molar-refractivity contribution in [2.45, 2.75) is 24.7 Å². The molecule has 0 radical (unpaired) electrons. The number of nitrogens with one attached hydrogen (secondary N) is 2. The fourth-order valence-corrected chi connectivity index (χ4v) is 5.96. The Balaban J connectivity index is 1.44. The van der Waals surface area contributed by atoms with Crippen LogP contribution in [0, 0.1) is 6.92 Å². The highest BCUT2D eigenvalue weighted by Gasteiger charge is 2.27. The molecule has 2 N–H and O–H groups in total. The average molecular weight is 471 g/mol. The SMILES string of the molecule is Cc1nc(-c2ccccc2)sc1C(=O)NNC(=O)c1cccc(S(=O)(=O)N2CCCC2)c1. The molecule has 1 aliphatic rings.